The second-order valence-corrected chi connectivity index (χ2v) is 5.62. The van der Waals surface area contributed by atoms with Crippen molar-refractivity contribution in [2.75, 3.05) is 13.2 Å². The molecular weight excluding hydrogens is 305 g/mol. The predicted molar refractivity (Wildman–Crippen MR) is 89.6 cm³/mol. The number of nitrogens with two attached hydrogens (primary N) is 1. The van der Waals surface area contributed by atoms with Crippen molar-refractivity contribution in [2.24, 2.45) is 5.73 Å². The summed E-state index contributed by atoms with van der Waals surface area (Å²) in [6.45, 7) is 3.10. The highest BCUT2D eigenvalue weighted by atomic mass is 35.5. The van der Waals surface area contributed by atoms with Crippen LogP contribution in [0.15, 0.2) is 42.5 Å². The van der Waals surface area contributed by atoms with Gasteiger partial charge in [-0.2, -0.15) is 0 Å². The van der Waals surface area contributed by atoms with E-state index in [0.717, 1.165) is 16.9 Å². The van der Waals surface area contributed by atoms with E-state index in [1.54, 1.807) is 0 Å². The van der Waals surface area contributed by atoms with Gasteiger partial charge in [0.1, 0.15) is 5.75 Å². The largest absolute Gasteiger partial charge is 0.494 e. The lowest BCUT2D eigenvalue weighted by Gasteiger charge is -2.20. The Morgan fingerprint density at radius 3 is 2.33 bits per heavy atom. The molecule has 0 aliphatic heterocycles. The third kappa shape index (κ3) is 3.91. The second-order valence-electron chi connectivity index (χ2n) is 4.81. The summed E-state index contributed by atoms with van der Waals surface area (Å²) in [7, 11) is 0. The highest BCUT2D eigenvalue weighted by Crippen LogP contribution is 2.33. The van der Waals surface area contributed by atoms with Crippen LogP contribution in [-0.2, 0) is 6.42 Å². The van der Waals surface area contributed by atoms with E-state index in [0.29, 0.717) is 29.6 Å². The first kappa shape index (κ1) is 16.2. The molecule has 0 spiro atoms. The molecule has 0 bridgehead atoms. The van der Waals surface area contributed by atoms with Crippen LogP contribution in [0.1, 0.15) is 24.0 Å². The van der Waals surface area contributed by atoms with Gasteiger partial charge in [0.2, 0.25) is 0 Å². The minimum absolute atomic E-state index is 0.116. The van der Waals surface area contributed by atoms with Crippen LogP contribution in [0.4, 0.5) is 0 Å². The lowest BCUT2D eigenvalue weighted by Crippen LogP contribution is -2.16. The average molecular weight is 324 g/mol. The monoisotopic (exact) mass is 323 g/mol. The van der Waals surface area contributed by atoms with Gasteiger partial charge < -0.3 is 10.5 Å². The van der Waals surface area contributed by atoms with Crippen molar-refractivity contribution >= 4 is 23.2 Å². The fraction of sp³-hybridized carbons (Fsp3) is 0.294. The molecule has 0 aliphatic rings. The number of halogens is 2. The molecule has 0 saturated carbocycles. The Bertz CT molecular complexity index is 581. The van der Waals surface area contributed by atoms with Crippen molar-refractivity contribution in [1.82, 2.24) is 0 Å². The van der Waals surface area contributed by atoms with Crippen LogP contribution < -0.4 is 10.5 Å². The van der Waals surface area contributed by atoms with E-state index < -0.39 is 0 Å². The van der Waals surface area contributed by atoms with Gasteiger partial charge in [-0.3, -0.25) is 0 Å². The molecule has 4 heteroatoms. The molecule has 2 N–H and O–H groups in total. The summed E-state index contributed by atoms with van der Waals surface area (Å²) in [5.74, 6) is 0.990. The van der Waals surface area contributed by atoms with Crippen LogP contribution >= 0.6 is 23.2 Å². The Morgan fingerprint density at radius 1 is 1.05 bits per heavy atom. The Kier molecular flexibility index (Phi) is 5.92. The molecule has 0 radical (unpaired) electrons. The summed E-state index contributed by atoms with van der Waals surface area (Å²) in [5.41, 5.74) is 8.00. The van der Waals surface area contributed by atoms with E-state index in [-0.39, 0.29) is 5.92 Å². The van der Waals surface area contributed by atoms with Gasteiger partial charge in [0.25, 0.3) is 0 Å². The Balaban J connectivity index is 2.32. The van der Waals surface area contributed by atoms with Gasteiger partial charge >= 0.3 is 0 Å². The summed E-state index contributed by atoms with van der Waals surface area (Å²) < 4.78 is 5.70. The van der Waals surface area contributed by atoms with Crippen LogP contribution in [0.2, 0.25) is 10.0 Å². The molecule has 21 heavy (non-hydrogen) atoms. The van der Waals surface area contributed by atoms with Gasteiger partial charge in [-0.05, 0) is 49.2 Å². The molecule has 0 saturated heterocycles. The molecule has 0 heterocycles. The van der Waals surface area contributed by atoms with Gasteiger partial charge in [-0.15, -0.1) is 0 Å². The molecule has 2 aromatic rings. The van der Waals surface area contributed by atoms with Gasteiger partial charge in [0.05, 0.1) is 6.61 Å². The maximum atomic E-state index is 6.26. The maximum Gasteiger partial charge on any atom is 0.122 e. The minimum Gasteiger partial charge on any atom is -0.494 e. The first-order valence-electron chi connectivity index (χ1n) is 7.02. The Labute approximate surface area is 135 Å². The van der Waals surface area contributed by atoms with Gasteiger partial charge in [-0.1, -0.05) is 47.5 Å². The summed E-state index contributed by atoms with van der Waals surface area (Å²) >= 11 is 12.5. The summed E-state index contributed by atoms with van der Waals surface area (Å²) in [6.07, 6.45) is 0.694. The van der Waals surface area contributed by atoms with E-state index in [2.05, 4.69) is 0 Å². The zero-order valence-electron chi connectivity index (χ0n) is 12.0. The summed E-state index contributed by atoms with van der Waals surface area (Å²) in [4.78, 5) is 0. The highest BCUT2D eigenvalue weighted by Gasteiger charge is 2.18. The molecule has 0 amide bonds. The third-order valence-corrected chi connectivity index (χ3v) is 4.16. The lowest BCUT2D eigenvalue weighted by molar-refractivity contribution is 0.334. The number of hydrogen-bond acceptors (Lipinski definition) is 2. The molecule has 0 aromatic heterocycles. The first-order valence-corrected chi connectivity index (χ1v) is 7.77. The van der Waals surface area contributed by atoms with Crippen molar-refractivity contribution in [3.63, 3.8) is 0 Å². The quantitative estimate of drug-likeness (QED) is 0.837. The van der Waals surface area contributed by atoms with Crippen molar-refractivity contribution in [3.8, 4) is 5.75 Å². The third-order valence-electron chi connectivity index (χ3n) is 3.46. The summed E-state index contributed by atoms with van der Waals surface area (Å²) in [5, 5.41) is 1.35. The normalized spacial score (nSPS) is 12.2. The lowest BCUT2D eigenvalue weighted by atomic mass is 9.91. The zero-order valence-corrected chi connectivity index (χ0v) is 13.5. The fourth-order valence-electron chi connectivity index (χ4n) is 2.40. The Hall–Kier alpha value is -1.22. The first-order chi connectivity index (χ1) is 10.2. The van der Waals surface area contributed by atoms with Crippen LogP contribution in [0.5, 0.6) is 5.75 Å². The number of para-hydroxylation sites is 1. The van der Waals surface area contributed by atoms with Crippen molar-refractivity contribution in [2.45, 2.75) is 19.3 Å². The Morgan fingerprint density at radius 2 is 1.71 bits per heavy atom. The SMILES string of the molecule is CCOc1ccccc1C(CN)Cc1c(Cl)cccc1Cl. The van der Waals surface area contributed by atoms with Crippen molar-refractivity contribution in [1.29, 1.82) is 0 Å². The number of hydrogen-bond donors (Lipinski definition) is 1. The fourth-order valence-corrected chi connectivity index (χ4v) is 2.95. The molecule has 0 fully saturated rings. The minimum atomic E-state index is 0.116. The van der Waals surface area contributed by atoms with Gasteiger partial charge in [0, 0.05) is 16.0 Å². The molecule has 0 aliphatic carbocycles. The van der Waals surface area contributed by atoms with Crippen LogP contribution in [0, 0.1) is 0 Å². The number of benzene rings is 2. The number of ether oxygens (including phenoxy) is 1. The topological polar surface area (TPSA) is 35.2 Å². The van der Waals surface area contributed by atoms with Crippen LogP contribution in [0.3, 0.4) is 0 Å². The summed E-state index contributed by atoms with van der Waals surface area (Å²) in [6, 6.07) is 13.5. The zero-order chi connectivity index (χ0) is 15.2. The standard InChI is InChI=1S/C17H19Cl2NO/c1-2-21-17-9-4-3-6-13(17)12(11-20)10-14-15(18)7-5-8-16(14)19/h3-9,12H,2,10-11,20H2,1H3. The molecule has 2 aromatic carbocycles. The van der Waals surface area contributed by atoms with Gasteiger partial charge in [-0.25, -0.2) is 0 Å². The number of rotatable bonds is 6. The van der Waals surface area contributed by atoms with E-state index in [4.69, 9.17) is 33.7 Å². The maximum absolute atomic E-state index is 6.26. The molecule has 2 nitrogen and oxygen atoms in total. The molecular formula is C17H19Cl2NO. The predicted octanol–water partition coefficient (Wildman–Crippen LogP) is 4.68. The van der Waals surface area contributed by atoms with Crippen molar-refractivity contribution < 1.29 is 4.74 Å². The van der Waals surface area contributed by atoms with Gasteiger partial charge in [0.15, 0.2) is 0 Å². The highest BCUT2D eigenvalue weighted by molar-refractivity contribution is 6.36. The van der Waals surface area contributed by atoms with E-state index in [1.807, 2.05) is 49.4 Å². The van der Waals surface area contributed by atoms with Crippen LogP contribution in [-0.4, -0.2) is 13.2 Å². The van der Waals surface area contributed by atoms with E-state index in [1.165, 1.54) is 0 Å². The van der Waals surface area contributed by atoms with E-state index >= 15 is 0 Å². The second kappa shape index (κ2) is 7.69. The van der Waals surface area contributed by atoms with E-state index in [9.17, 15) is 0 Å². The smallest absolute Gasteiger partial charge is 0.122 e. The van der Waals surface area contributed by atoms with Crippen molar-refractivity contribution in [3.05, 3.63) is 63.6 Å². The molecule has 2 rings (SSSR count). The molecule has 1 atom stereocenters. The molecule has 112 valence electrons. The molecule has 1 unspecified atom stereocenters. The van der Waals surface area contributed by atoms with Crippen LogP contribution in [0.25, 0.3) is 0 Å². The average Bonchev–Trinajstić information content (AvgIpc) is 2.48.